The number of imidazole rings is 1. The van der Waals surface area contributed by atoms with Crippen molar-refractivity contribution in [1.82, 2.24) is 9.55 Å². The molecule has 0 radical (unpaired) electrons. The van der Waals surface area contributed by atoms with Gasteiger partial charge in [0.25, 0.3) is 0 Å². The Morgan fingerprint density at radius 1 is 0.590 bits per heavy atom. The lowest BCUT2D eigenvalue weighted by Crippen LogP contribution is -2.03. The Balaban J connectivity index is 1.44. The third kappa shape index (κ3) is 3.88. The first-order chi connectivity index (χ1) is 18.9. The summed E-state index contributed by atoms with van der Waals surface area (Å²) in [4.78, 5) is 5.17. The fraction of sp³-hybridized carbons (Fsp3) is 0.139. The first-order valence-electron chi connectivity index (χ1n) is 13.5. The quantitative estimate of drug-likeness (QED) is 0.226. The van der Waals surface area contributed by atoms with Crippen molar-refractivity contribution in [2.24, 2.45) is 0 Å². The summed E-state index contributed by atoms with van der Waals surface area (Å²) >= 11 is 1.87. The zero-order valence-corrected chi connectivity index (χ0v) is 23.8. The van der Waals surface area contributed by atoms with Crippen LogP contribution in [0.3, 0.4) is 0 Å². The SMILES string of the molecule is Cc1cc(C)c(-n2c(-c3ccc4sc5cc(-c6cc(C)ccc6C)ccc5c4c3)nc3ccccc32)c(C)c1. The maximum Gasteiger partial charge on any atom is 0.145 e. The number of fused-ring (bicyclic) bond motifs is 4. The Labute approximate surface area is 233 Å². The van der Waals surface area contributed by atoms with Crippen molar-refractivity contribution in [2.75, 3.05) is 0 Å². The summed E-state index contributed by atoms with van der Waals surface area (Å²) in [7, 11) is 0. The minimum Gasteiger partial charge on any atom is -0.292 e. The molecule has 0 unspecified atom stereocenters. The molecule has 0 bridgehead atoms. The Bertz CT molecular complexity index is 2050. The number of hydrogen-bond acceptors (Lipinski definition) is 2. The van der Waals surface area contributed by atoms with Gasteiger partial charge in [0.1, 0.15) is 5.82 Å². The molecule has 0 aliphatic rings. The number of benzene rings is 5. The van der Waals surface area contributed by atoms with Crippen molar-refractivity contribution in [3.8, 4) is 28.2 Å². The van der Waals surface area contributed by atoms with Crippen molar-refractivity contribution in [3.63, 3.8) is 0 Å². The smallest absolute Gasteiger partial charge is 0.145 e. The largest absolute Gasteiger partial charge is 0.292 e. The van der Waals surface area contributed by atoms with Crippen molar-refractivity contribution in [3.05, 3.63) is 119 Å². The maximum atomic E-state index is 5.17. The van der Waals surface area contributed by atoms with E-state index >= 15 is 0 Å². The molecule has 2 nitrogen and oxygen atoms in total. The molecule has 0 atom stereocenters. The second-order valence-electron chi connectivity index (χ2n) is 10.8. The summed E-state index contributed by atoms with van der Waals surface area (Å²) in [6, 6.07) is 33.5. The van der Waals surface area contributed by atoms with Gasteiger partial charge < -0.3 is 0 Å². The van der Waals surface area contributed by atoms with E-state index in [0.29, 0.717) is 0 Å². The van der Waals surface area contributed by atoms with Crippen LogP contribution in [-0.2, 0) is 0 Å². The molecule has 0 aliphatic heterocycles. The topological polar surface area (TPSA) is 17.8 Å². The number of hydrogen-bond donors (Lipinski definition) is 0. The molecule has 0 saturated carbocycles. The predicted molar refractivity (Wildman–Crippen MR) is 169 cm³/mol. The Morgan fingerprint density at radius 2 is 1.36 bits per heavy atom. The summed E-state index contributed by atoms with van der Waals surface area (Å²) < 4.78 is 4.98. The second kappa shape index (κ2) is 8.93. The van der Waals surface area contributed by atoms with Crippen LogP contribution in [0.5, 0.6) is 0 Å². The number of rotatable bonds is 3. The molecule has 0 aliphatic carbocycles. The average Bonchev–Trinajstić information content (AvgIpc) is 3.47. The summed E-state index contributed by atoms with van der Waals surface area (Å²) in [5.74, 6) is 0.986. The normalized spacial score (nSPS) is 11.7. The van der Waals surface area contributed by atoms with E-state index in [1.807, 2.05) is 11.3 Å². The number of para-hydroxylation sites is 2. The molecule has 0 saturated heterocycles. The Hall–Kier alpha value is -4.21. The lowest BCUT2D eigenvalue weighted by Gasteiger charge is -2.16. The predicted octanol–water partition coefficient (Wildman–Crippen LogP) is 10.3. The van der Waals surface area contributed by atoms with Gasteiger partial charge in [0.15, 0.2) is 0 Å². The minimum absolute atomic E-state index is 0.986. The molecule has 39 heavy (non-hydrogen) atoms. The molecular weight excluding hydrogens is 492 g/mol. The average molecular weight is 523 g/mol. The lowest BCUT2D eigenvalue weighted by atomic mass is 9.97. The third-order valence-corrected chi connectivity index (χ3v) is 8.99. The monoisotopic (exact) mass is 522 g/mol. The zero-order valence-electron chi connectivity index (χ0n) is 23.0. The first kappa shape index (κ1) is 23.9. The summed E-state index contributed by atoms with van der Waals surface area (Å²) in [5, 5.41) is 2.59. The van der Waals surface area contributed by atoms with E-state index < -0.39 is 0 Å². The standard InChI is InChI=1S/C36H30N2S/c1-21-10-11-23(3)29(18-21)26-12-14-28-30-19-27(13-15-33(30)39-34(28)20-26)36-37-31-8-6-7-9-32(31)38(36)35-24(4)16-22(2)17-25(35)5/h6-20H,1-5H3. The van der Waals surface area contributed by atoms with Crippen LogP contribution in [0.1, 0.15) is 27.8 Å². The third-order valence-electron chi connectivity index (χ3n) is 7.85. The van der Waals surface area contributed by atoms with E-state index in [1.54, 1.807) is 0 Å². The molecule has 2 aromatic heterocycles. The Kier molecular flexibility index (Phi) is 5.47. The molecule has 0 N–H and O–H groups in total. The van der Waals surface area contributed by atoms with Gasteiger partial charge in [-0.05, 0) is 98.8 Å². The highest BCUT2D eigenvalue weighted by Gasteiger charge is 2.19. The highest BCUT2D eigenvalue weighted by Crippen LogP contribution is 2.40. The number of aryl methyl sites for hydroxylation is 5. The summed E-state index contributed by atoms with van der Waals surface area (Å²) in [6.07, 6.45) is 0. The molecule has 3 heteroatoms. The number of aromatic nitrogens is 2. The highest BCUT2D eigenvalue weighted by molar-refractivity contribution is 7.25. The van der Waals surface area contributed by atoms with E-state index in [0.717, 1.165) is 22.4 Å². The van der Waals surface area contributed by atoms with E-state index in [-0.39, 0.29) is 0 Å². The van der Waals surface area contributed by atoms with E-state index in [1.165, 1.54) is 64.8 Å². The number of nitrogens with zero attached hydrogens (tertiary/aromatic N) is 2. The van der Waals surface area contributed by atoms with E-state index in [9.17, 15) is 0 Å². The molecular formula is C36H30N2S. The van der Waals surface area contributed by atoms with Gasteiger partial charge in [0, 0.05) is 25.7 Å². The second-order valence-corrected chi connectivity index (χ2v) is 11.9. The van der Waals surface area contributed by atoms with Gasteiger partial charge >= 0.3 is 0 Å². The van der Waals surface area contributed by atoms with E-state index in [2.05, 4.69) is 130 Å². The molecule has 0 fully saturated rings. The van der Waals surface area contributed by atoms with Crippen molar-refractivity contribution in [1.29, 1.82) is 0 Å². The first-order valence-corrected chi connectivity index (χ1v) is 14.3. The molecule has 2 heterocycles. The molecule has 0 amide bonds. The van der Waals surface area contributed by atoms with Crippen LogP contribution in [0.15, 0.2) is 91.0 Å². The molecule has 7 rings (SSSR count). The Morgan fingerprint density at radius 3 is 2.18 bits per heavy atom. The van der Waals surface area contributed by atoms with Crippen LogP contribution >= 0.6 is 11.3 Å². The van der Waals surface area contributed by atoms with Gasteiger partial charge in [0.05, 0.1) is 16.7 Å². The van der Waals surface area contributed by atoms with Gasteiger partial charge in [-0.3, -0.25) is 4.57 Å². The molecule has 7 aromatic rings. The molecule has 190 valence electrons. The van der Waals surface area contributed by atoms with Gasteiger partial charge in [-0.1, -0.05) is 65.7 Å². The van der Waals surface area contributed by atoms with Crippen molar-refractivity contribution in [2.45, 2.75) is 34.6 Å². The fourth-order valence-corrected chi connectivity index (χ4v) is 7.23. The van der Waals surface area contributed by atoms with Gasteiger partial charge in [-0.15, -0.1) is 11.3 Å². The zero-order chi connectivity index (χ0) is 26.8. The van der Waals surface area contributed by atoms with Gasteiger partial charge in [-0.2, -0.15) is 0 Å². The maximum absolute atomic E-state index is 5.17. The van der Waals surface area contributed by atoms with Crippen LogP contribution in [0.2, 0.25) is 0 Å². The summed E-state index contributed by atoms with van der Waals surface area (Å²) in [5.41, 5.74) is 13.5. The lowest BCUT2D eigenvalue weighted by molar-refractivity contribution is 1.06. The fourth-order valence-electron chi connectivity index (χ4n) is 6.10. The van der Waals surface area contributed by atoms with Crippen molar-refractivity contribution < 1.29 is 0 Å². The molecule has 0 spiro atoms. The van der Waals surface area contributed by atoms with E-state index in [4.69, 9.17) is 4.98 Å². The minimum atomic E-state index is 0.986. The van der Waals surface area contributed by atoms with Crippen LogP contribution in [0, 0.1) is 34.6 Å². The summed E-state index contributed by atoms with van der Waals surface area (Å²) in [6.45, 7) is 10.9. The van der Waals surface area contributed by atoms with Crippen LogP contribution < -0.4 is 0 Å². The van der Waals surface area contributed by atoms with Crippen LogP contribution in [0.25, 0.3) is 59.4 Å². The highest BCUT2D eigenvalue weighted by atomic mass is 32.1. The van der Waals surface area contributed by atoms with Crippen LogP contribution in [0.4, 0.5) is 0 Å². The van der Waals surface area contributed by atoms with Crippen molar-refractivity contribution >= 4 is 42.5 Å². The van der Waals surface area contributed by atoms with Gasteiger partial charge in [0.2, 0.25) is 0 Å². The van der Waals surface area contributed by atoms with Gasteiger partial charge in [-0.25, -0.2) is 4.98 Å². The number of thiophene rings is 1. The van der Waals surface area contributed by atoms with Crippen LogP contribution in [-0.4, -0.2) is 9.55 Å². The molecule has 5 aromatic carbocycles.